The molecule has 2 aromatic rings. The summed E-state index contributed by atoms with van der Waals surface area (Å²) in [5.74, 6) is 0.659. The van der Waals surface area contributed by atoms with E-state index in [0.717, 1.165) is 25.7 Å². The van der Waals surface area contributed by atoms with E-state index in [1.165, 1.54) is 0 Å². The molecule has 0 aliphatic heterocycles. The fourth-order valence-electron chi connectivity index (χ4n) is 3.46. The maximum atomic E-state index is 12.2. The lowest BCUT2D eigenvalue weighted by Crippen LogP contribution is -2.51. The first kappa shape index (κ1) is 19.4. The van der Waals surface area contributed by atoms with Gasteiger partial charge in [-0.2, -0.15) is 0 Å². The molecule has 1 saturated carbocycles. The van der Waals surface area contributed by atoms with Crippen LogP contribution in [-0.4, -0.2) is 28.0 Å². The van der Waals surface area contributed by atoms with E-state index in [2.05, 4.69) is 15.3 Å². The number of H-pyrrole nitrogens is 1. The quantitative estimate of drug-likeness (QED) is 0.730. The lowest BCUT2D eigenvalue weighted by molar-refractivity contribution is -0.123. The minimum atomic E-state index is -0.202. The summed E-state index contributed by atoms with van der Waals surface area (Å²) in [6.07, 6.45) is 5.82. The van der Waals surface area contributed by atoms with Gasteiger partial charge >= 0.3 is 0 Å². The van der Waals surface area contributed by atoms with Gasteiger partial charge in [0.15, 0.2) is 0 Å². The number of para-hydroxylation sites is 1. The molecular weight excluding hydrogens is 340 g/mol. The minimum Gasteiger partial charge on any atom is -0.349 e. The van der Waals surface area contributed by atoms with E-state index >= 15 is 0 Å². The number of nitrogens with two attached hydrogens (primary N) is 1. The highest BCUT2D eigenvalue weighted by molar-refractivity contribution is 5.85. The van der Waals surface area contributed by atoms with Crippen LogP contribution in [0.25, 0.3) is 10.9 Å². The topological polar surface area (TPSA) is 101 Å². The summed E-state index contributed by atoms with van der Waals surface area (Å²) in [6, 6.07) is 7.26. The zero-order valence-electron chi connectivity index (χ0n) is 14.2. The van der Waals surface area contributed by atoms with Crippen LogP contribution < -0.4 is 16.6 Å². The molecule has 0 spiro atoms. The first-order valence-corrected chi connectivity index (χ1v) is 8.61. The van der Waals surface area contributed by atoms with Crippen molar-refractivity contribution in [1.29, 1.82) is 0 Å². The first-order chi connectivity index (χ1) is 11.6. The van der Waals surface area contributed by atoms with E-state index in [-0.39, 0.29) is 29.4 Å². The molecule has 0 radical (unpaired) electrons. The maximum Gasteiger partial charge on any atom is 0.258 e. The number of hydrogen-bond acceptors (Lipinski definition) is 4. The van der Waals surface area contributed by atoms with Crippen molar-refractivity contribution in [1.82, 2.24) is 15.3 Å². The molecule has 25 heavy (non-hydrogen) atoms. The zero-order valence-corrected chi connectivity index (χ0v) is 15.0. The van der Waals surface area contributed by atoms with E-state index in [0.29, 0.717) is 42.5 Å². The zero-order chi connectivity index (χ0) is 17.0. The predicted molar refractivity (Wildman–Crippen MR) is 101 cm³/mol. The number of nitrogens with one attached hydrogen (secondary N) is 2. The number of halogens is 1. The second kappa shape index (κ2) is 8.45. The Balaban J connectivity index is 0.00000225. The largest absolute Gasteiger partial charge is 0.349 e. The van der Waals surface area contributed by atoms with Crippen LogP contribution in [0.15, 0.2) is 29.1 Å². The van der Waals surface area contributed by atoms with Crippen LogP contribution >= 0.6 is 12.4 Å². The number of aromatic amines is 1. The molecule has 0 saturated heterocycles. The molecule has 1 aromatic heterocycles. The van der Waals surface area contributed by atoms with E-state index in [4.69, 9.17) is 5.73 Å². The highest BCUT2D eigenvalue weighted by Crippen LogP contribution is 2.28. The van der Waals surface area contributed by atoms with Gasteiger partial charge in [0.2, 0.25) is 5.91 Å². The van der Waals surface area contributed by atoms with Crippen molar-refractivity contribution in [2.45, 2.75) is 50.5 Å². The summed E-state index contributed by atoms with van der Waals surface area (Å²) >= 11 is 0. The smallest absolute Gasteiger partial charge is 0.258 e. The predicted octanol–water partition coefficient (Wildman–Crippen LogP) is 2.06. The number of aryl methyl sites for hydroxylation is 1. The lowest BCUT2D eigenvalue weighted by atomic mass is 9.97. The first-order valence-electron chi connectivity index (χ1n) is 8.61. The number of carbonyl (C=O) groups excluding carboxylic acids is 1. The van der Waals surface area contributed by atoms with Gasteiger partial charge in [-0.3, -0.25) is 9.59 Å². The third kappa shape index (κ3) is 4.58. The summed E-state index contributed by atoms with van der Waals surface area (Å²) in [5.41, 5.74) is 6.20. The third-order valence-electron chi connectivity index (χ3n) is 4.84. The second-order valence-electron chi connectivity index (χ2n) is 6.62. The van der Waals surface area contributed by atoms with Crippen LogP contribution in [0.2, 0.25) is 0 Å². The van der Waals surface area contributed by atoms with E-state index < -0.39 is 0 Å². The number of rotatable bonds is 6. The van der Waals surface area contributed by atoms with Crippen molar-refractivity contribution in [2.24, 2.45) is 5.73 Å². The number of aromatic nitrogens is 2. The van der Waals surface area contributed by atoms with Gasteiger partial charge in [0.1, 0.15) is 5.82 Å². The monoisotopic (exact) mass is 364 g/mol. The molecular formula is C18H25ClN4O2. The number of nitrogens with zero attached hydrogens (tertiary/aromatic N) is 1. The number of benzene rings is 1. The van der Waals surface area contributed by atoms with Crippen LogP contribution in [0.4, 0.5) is 0 Å². The van der Waals surface area contributed by atoms with Crippen LogP contribution in [-0.2, 0) is 11.2 Å². The average molecular weight is 365 g/mol. The van der Waals surface area contributed by atoms with Gasteiger partial charge in [0.05, 0.1) is 16.4 Å². The Kier molecular flexibility index (Phi) is 6.56. The minimum absolute atomic E-state index is 0. The van der Waals surface area contributed by atoms with E-state index in [1.807, 2.05) is 18.2 Å². The third-order valence-corrected chi connectivity index (χ3v) is 4.84. The summed E-state index contributed by atoms with van der Waals surface area (Å²) in [4.78, 5) is 31.4. The highest BCUT2D eigenvalue weighted by Gasteiger charge is 2.33. The van der Waals surface area contributed by atoms with Crippen LogP contribution in [0, 0.1) is 0 Å². The van der Waals surface area contributed by atoms with Gasteiger partial charge in [0.25, 0.3) is 5.56 Å². The molecule has 6 nitrogen and oxygen atoms in total. The van der Waals surface area contributed by atoms with Crippen molar-refractivity contribution in [3.8, 4) is 0 Å². The van der Waals surface area contributed by atoms with Crippen LogP contribution in [0.1, 0.15) is 44.3 Å². The molecule has 0 atom stereocenters. The summed E-state index contributed by atoms with van der Waals surface area (Å²) in [7, 11) is 0. The molecule has 1 amide bonds. The molecule has 136 valence electrons. The molecule has 4 N–H and O–H groups in total. The van der Waals surface area contributed by atoms with Gasteiger partial charge in [0, 0.05) is 19.4 Å². The molecule has 1 aromatic carbocycles. The van der Waals surface area contributed by atoms with Gasteiger partial charge in [-0.15, -0.1) is 12.4 Å². The Bertz CT molecular complexity index is 784. The normalized spacial score (nSPS) is 15.7. The van der Waals surface area contributed by atoms with Gasteiger partial charge < -0.3 is 16.0 Å². The molecule has 1 aliphatic carbocycles. The highest BCUT2D eigenvalue weighted by atomic mass is 35.5. The van der Waals surface area contributed by atoms with Crippen molar-refractivity contribution in [2.75, 3.05) is 6.54 Å². The second-order valence-corrected chi connectivity index (χ2v) is 6.62. The Morgan fingerprint density at radius 2 is 2.00 bits per heavy atom. The van der Waals surface area contributed by atoms with E-state index in [1.54, 1.807) is 6.07 Å². The fraction of sp³-hybridized carbons (Fsp3) is 0.500. The standard InChI is InChI=1S/C18H24N4O2.ClH/c19-12-18(10-3-4-11-18)22-16(23)9-5-8-15-20-14-7-2-1-6-13(14)17(24)21-15;/h1-2,6-7H,3-5,8-12,19H2,(H,22,23)(H,20,21,24);1H. The summed E-state index contributed by atoms with van der Waals surface area (Å²) < 4.78 is 0. The molecule has 0 unspecified atom stereocenters. The Hall–Kier alpha value is -1.92. The fourth-order valence-corrected chi connectivity index (χ4v) is 3.46. The van der Waals surface area contributed by atoms with Crippen LogP contribution in [0.3, 0.4) is 0 Å². The number of hydrogen-bond donors (Lipinski definition) is 3. The molecule has 1 fully saturated rings. The average Bonchev–Trinajstić information content (AvgIpc) is 3.04. The Labute approximate surface area is 153 Å². The Morgan fingerprint density at radius 1 is 1.28 bits per heavy atom. The van der Waals surface area contributed by atoms with Crippen molar-refractivity contribution in [3.63, 3.8) is 0 Å². The SMILES string of the molecule is Cl.NCC1(NC(=O)CCCc2nc3ccccc3c(=O)[nH]2)CCCC1. The maximum absolute atomic E-state index is 12.2. The summed E-state index contributed by atoms with van der Waals surface area (Å²) in [5, 5.41) is 3.70. The molecule has 0 bridgehead atoms. The lowest BCUT2D eigenvalue weighted by Gasteiger charge is -2.28. The van der Waals surface area contributed by atoms with Crippen LogP contribution in [0.5, 0.6) is 0 Å². The molecule has 7 heteroatoms. The van der Waals surface area contributed by atoms with E-state index in [9.17, 15) is 9.59 Å². The molecule has 1 heterocycles. The van der Waals surface area contributed by atoms with Gasteiger partial charge in [-0.05, 0) is 31.4 Å². The van der Waals surface area contributed by atoms with Crippen molar-refractivity contribution >= 4 is 29.2 Å². The number of amides is 1. The molecule has 3 rings (SSSR count). The van der Waals surface area contributed by atoms with Crippen molar-refractivity contribution in [3.05, 3.63) is 40.4 Å². The summed E-state index contributed by atoms with van der Waals surface area (Å²) in [6.45, 7) is 0.498. The number of carbonyl (C=O) groups is 1. The molecule has 1 aliphatic rings. The number of fused-ring (bicyclic) bond motifs is 1. The van der Waals surface area contributed by atoms with Gasteiger partial charge in [-0.25, -0.2) is 4.98 Å². The van der Waals surface area contributed by atoms with Gasteiger partial charge in [-0.1, -0.05) is 25.0 Å². The Morgan fingerprint density at radius 3 is 2.72 bits per heavy atom. The van der Waals surface area contributed by atoms with Crippen molar-refractivity contribution < 1.29 is 4.79 Å².